The number of benzene rings is 1. The topological polar surface area (TPSA) is 63.6 Å². The van der Waals surface area contributed by atoms with Gasteiger partial charge in [-0.2, -0.15) is 0 Å². The molecule has 0 atom stereocenters. The second-order valence-corrected chi connectivity index (χ2v) is 2.81. The fourth-order valence-electron chi connectivity index (χ4n) is 1.15. The number of carbonyl (C=O) groups is 2. The summed E-state index contributed by atoms with van der Waals surface area (Å²) < 4.78 is 4.49. The van der Waals surface area contributed by atoms with E-state index in [1.807, 2.05) is 0 Å². The minimum absolute atomic E-state index is 0.0300. The smallest absolute Gasteiger partial charge is 0.338 e. The molecule has 0 saturated carbocycles. The molecule has 1 rings (SSSR count). The van der Waals surface area contributed by atoms with Crippen LogP contribution in [0.4, 0.5) is 0 Å². The summed E-state index contributed by atoms with van der Waals surface area (Å²) in [5.74, 6) is -1.83. The molecule has 4 nitrogen and oxygen atoms in total. The third-order valence-electron chi connectivity index (χ3n) is 1.92. The van der Waals surface area contributed by atoms with Crippen molar-refractivity contribution >= 4 is 18.0 Å². The van der Waals surface area contributed by atoms with Crippen molar-refractivity contribution in [1.82, 2.24) is 0 Å². The molecule has 78 valence electrons. The molecule has 15 heavy (non-hydrogen) atoms. The predicted octanol–water partition coefficient (Wildman–Crippen LogP) is 1.81. The Labute approximate surface area is 86.8 Å². The minimum Gasteiger partial charge on any atom is -0.478 e. The molecule has 0 aromatic heterocycles. The first kappa shape index (κ1) is 11.0. The Morgan fingerprint density at radius 2 is 2.07 bits per heavy atom. The average molecular weight is 206 g/mol. The van der Waals surface area contributed by atoms with E-state index in [9.17, 15) is 9.59 Å². The van der Waals surface area contributed by atoms with Gasteiger partial charge in [0, 0.05) is 0 Å². The Bertz CT molecular complexity index is 421. The lowest BCUT2D eigenvalue weighted by Crippen LogP contribution is -2.10. The maximum Gasteiger partial charge on any atom is 0.338 e. The van der Waals surface area contributed by atoms with Gasteiger partial charge in [0.2, 0.25) is 0 Å². The number of carboxylic acid groups (broad SMARTS) is 1. The second kappa shape index (κ2) is 4.41. The Hall–Kier alpha value is -2.10. The van der Waals surface area contributed by atoms with Crippen LogP contribution >= 0.6 is 0 Å². The van der Waals surface area contributed by atoms with E-state index in [0.717, 1.165) is 0 Å². The van der Waals surface area contributed by atoms with E-state index in [-0.39, 0.29) is 11.1 Å². The summed E-state index contributed by atoms with van der Waals surface area (Å²) >= 11 is 0. The van der Waals surface area contributed by atoms with Crippen LogP contribution in [-0.4, -0.2) is 24.2 Å². The first-order chi connectivity index (χ1) is 7.10. The summed E-state index contributed by atoms with van der Waals surface area (Å²) in [4.78, 5) is 22.1. The van der Waals surface area contributed by atoms with Crippen LogP contribution in [0.3, 0.4) is 0 Å². The monoisotopic (exact) mass is 206 g/mol. The lowest BCUT2D eigenvalue weighted by atomic mass is 10.0. The van der Waals surface area contributed by atoms with Gasteiger partial charge in [-0.15, -0.1) is 0 Å². The summed E-state index contributed by atoms with van der Waals surface area (Å²) in [7, 11) is 1.20. The highest BCUT2D eigenvalue weighted by Crippen LogP contribution is 2.14. The molecule has 0 heterocycles. The molecule has 1 aromatic rings. The SMILES string of the molecule is C=Cc1ccc(C(=O)O)c(C(=O)OC)c1. The van der Waals surface area contributed by atoms with Crippen LogP contribution in [0.5, 0.6) is 0 Å². The number of esters is 1. The molecule has 0 aliphatic rings. The molecule has 4 heteroatoms. The molecule has 0 bridgehead atoms. The van der Waals surface area contributed by atoms with Crippen molar-refractivity contribution in [1.29, 1.82) is 0 Å². The van der Waals surface area contributed by atoms with Crippen LogP contribution in [0.15, 0.2) is 24.8 Å². The zero-order valence-electron chi connectivity index (χ0n) is 8.19. The van der Waals surface area contributed by atoms with Crippen molar-refractivity contribution in [3.05, 3.63) is 41.5 Å². The van der Waals surface area contributed by atoms with Crippen molar-refractivity contribution in [2.45, 2.75) is 0 Å². The molecular formula is C11H10O4. The molecule has 0 aliphatic carbocycles. The van der Waals surface area contributed by atoms with Gasteiger partial charge in [-0.3, -0.25) is 0 Å². The number of hydrogen-bond donors (Lipinski definition) is 1. The normalized spacial score (nSPS) is 9.40. The zero-order valence-corrected chi connectivity index (χ0v) is 8.19. The summed E-state index contributed by atoms with van der Waals surface area (Å²) in [6, 6.07) is 4.36. The van der Waals surface area contributed by atoms with Gasteiger partial charge in [-0.05, 0) is 17.7 Å². The van der Waals surface area contributed by atoms with E-state index >= 15 is 0 Å². The highest BCUT2D eigenvalue weighted by Gasteiger charge is 2.16. The van der Waals surface area contributed by atoms with E-state index in [2.05, 4.69) is 11.3 Å². The predicted molar refractivity (Wildman–Crippen MR) is 54.8 cm³/mol. The number of aromatic carboxylic acids is 1. The van der Waals surface area contributed by atoms with Crippen molar-refractivity contribution in [3.8, 4) is 0 Å². The van der Waals surface area contributed by atoms with Gasteiger partial charge in [0.05, 0.1) is 18.2 Å². The third-order valence-corrected chi connectivity index (χ3v) is 1.92. The van der Waals surface area contributed by atoms with Crippen LogP contribution in [0, 0.1) is 0 Å². The molecule has 1 aromatic carbocycles. The Kier molecular flexibility index (Phi) is 3.23. The average Bonchev–Trinajstić information content (AvgIpc) is 2.26. The minimum atomic E-state index is -1.16. The van der Waals surface area contributed by atoms with E-state index < -0.39 is 11.9 Å². The van der Waals surface area contributed by atoms with Gasteiger partial charge >= 0.3 is 11.9 Å². The lowest BCUT2D eigenvalue weighted by Gasteiger charge is -2.04. The number of carboxylic acids is 1. The summed E-state index contributed by atoms with van der Waals surface area (Å²) in [5, 5.41) is 8.84. The highest BCUT2D eigenvalue weighted by atomic mass is 16.5. The van der Waals surface area contributed by atoms with E-state index in [0.29, 0.717) is 5.56 Å². The van der Waals surface area contributed by atoms with Crippen molar-refractivity contribution in [3.63, 3.8) is 0 Å². The summed E-state index contributed by atoms with van der Waals surface area (Å²) in [6.45, 7) is 3.53. The molecule has 0 spiro atoms. The maximum atomic E-state index is 11.3. The molecule has 0 radical (unpaired) electrons. The van der Waals surface area contributed by atoms with E-state index in [1.54, 1.807) is 6.07 Å². The van der Waals surface area contributed by atoms with Gasteiger partial charge in [-0.25, -0.2) is 9.59 Å². The van der Waals surface area contributed by atoms with Crippen molar-refractivity contribution < 1.29 is 19.4 Å². The fraction of sp³-hybridized carbons (Fsp3) is 0.0909. The van der Waals surface area contributed by atoms with Crippen LogP contribution in [0.2, 0.25) is 0 Å². The molecule has 0 aliphatic heterocycles. The van der Waals surface area contributed by atoms with Crippen LogP contribution < -0.4 is 0 Å². The standard InChI is InChI=1S/C11H10O4/c1-3-7-4-5-8(10(12)13)9(6-7)11(14)15-2/h3-6H,1H2,2H3,(H,12,13). The molecule has 1 N–H and O–H groups in total. The number of ether oxygens (including phenoxy) is 1. The summed E-state index contributed by atoms with van der Waals surface area (Å²) in [5.41, 5.74) is 0.621. The van der Waals surface area contributed by atoms with Crippen LogP contribution in [0.1, 0.15) is 26.3 Å². The van der Waals surface area contributed by atoms with Crippen LogP contribution in [0.25, 0.3) is 6.08 Å². The lowest BCUT2D eigenvalue weighted by molar-refractivity contribution is 0.0582. The molecule has 0 unspecified atom stereocenters. The number of rotatable bonds is 3. The maximum absolute atomic E-state index is 11.3. The second-order valence-electron chi connectivity index (χ2n) is 2.81. The Morgan fingerprint density at radius 3 is 2.53 bits per heavy atom. The molecular weight excluding hydrogens is 196 g/mol. The first-order valence-electron chi connectivity index (χ1n) is 4.18. The van der Waals surface area contributed by atoms with E-state index in [4.69, 9.17) is 5.11 Å². The molecule has 0 amide bonds. The van der Waals surface area contributed by atoms with Gasteiger partial charge in [0.25, 0.3) is 0 Å². The van der Waals surface area contributed by atoms with Gasteiger partial charge in [-0.1, -0.05) is 18.7 Å². The third kappa shape index (κ3) is 2.22. The number of hydrogen-bond acceptors (Lipinski definition) is 3. The Balaban J connectivity index is 3.34. The molecule has 0 fully saturated rings. The van der Waals surface area contributed by atoms with Gasteiger partial charge < -0.3 is 9.84 Å². The van der Waals surface area contributed by atoms with Crippen molar-refractivity contribution in [2.75, 3.05) is 7.11 Å². The summed E-state index contributed by atoms with van der Waals surface area (Å²) in [6.07, 6.45) is 1.53. The quantitative estimate of drug-likeness (QED) is 0.766. The van der Waals surface area contributed by atoms with E-state index in [1.165, 1.54) is 25.3 Å². The number of methoxy groups -OCH3 is 1. The zero-order chi connectivity index (χ0) is 11.4. The molecule has 0 saturated heterocycles. The van der Waals surface area contributed by atoms with Crippen molar-refractivity contribution in [2.24, 2.45) is 0 Å². The fourth-order valence-corrected chi connectivity index (χ4v) is 1.15. The van der Waals surface area contributed by atoms with Gasteiger partial charge in [0.1, 0.15) is 0 Å². The largest absolute Gasteiger partial charge is 0.478 e. The Morgan fingerprint density at radius 1 is 1.40 bits per heavy atom. The van der Waals surface area contributed by atoms with Gasteiger partial charge in [0.15, 0.2) is 0 Å². The number of carbonyl (C=O) groups excluding carboxylic acids is 1. The highest BCUT2D eigenvalue weighted by molar-refractivity contribution is 6.02. The van der Waals surface area contributed by atoms with Crippen LogP contribution in [-0.2, 0) is 4.74 Å². The first-order valence-corrected chi connectivity index (χ1v) is 4.18.